The summed E-state index contributed by atoms with van der Waals surface area (Å²) in [5, 5.41) is 0. The van der Waals surface area contributed by atoms with Gasteiger partial charge in [-0.1, -0.05) is 12.1 Å². The summed E-state index contributed by atoms with van der Waals surface area (Å²) in [6.07, 6.45) is 0.00745. The largest absolute Gasteiger partial charge is 0.463 e. The number of allylic oxidation sites excluding steroid dienone is 1. The molecular formula is C21H25FN2O5. The van der Waals surface area contributed by atoms with Crippen LogP contribution in [0.3, 0.4) is 0 Å². The Morgan fingerprint density at radius 3 is 2.48 bits per heavy atom. The van der Waals surface area contributed by atoms with E-state index in [1.165, 1.54) is 17.0 Å². The molecule has 2 heterocycles. The Labute approximate surface area is 169 Å². The van der Waals surface area contributed by atoms with E-state index >= 15 is 0 Å². The van der Waals surface area contributed by atoms with Gasteiger partial charge in [0.2, 0.25) is 11.8 Å². The minimum atomic E-state index is -0.545. The van der Waals surface area contributed by atoms with Gasteiger partial charge in [0, 0.05) is 31.1 Å². The number of carbonyl (C=O) groups excluding carboxylic acids is 3. The number of halogens is 1. The van der Waals surface area contributed by atoms with Gasteiger partial charge in [-0.3, -0.25) is 9.59 Å². The molecule has 3 rings (SSSR count). The van der Waals surface area contributed by atoms with E-state index in [4.69, 9.17) is 9.47 Å². The Kier molecular flexibility index (Phi) is 6.64. The van der Waals surface area contributed by atoms with Crippen LogP contribution in [0.25, 0.3) is 0 Å². The van der Waals surface area contributed by atoms with Gasteiger partial charge in [-0.25, -0.2) is 9.18 Å². The predicted octanol–water partition coefficient (Wildman–Crippen LogP) is 1.84. The van der Waals surface area contributed by atoms with Crippen LogP contribution in [0.2, 0.25) is 0 Å². The molecule has 0 aliphatic carbocycles. The minimum Gasteiger partial charge on any atom is -0.463 e. The first kappa shape index (κ1) is 21.0. The van der Waals surface area contributed by atoms with E-state index in [-0.39, 0.29) is 31.4 Å². The highest BCUT2D eigenvalue weighted by molar-refractivity contribution is 5.97. The molecule has 7 nitrogen and oxygen atoms in total. The van der Waals surface area contributed by atoms with Crippen molar-refractivity contribution in [2.24, 2.45) is 0 Å². The standard InChI is InChI=1S/C21H25FN2O5/c1-3-29-21(27)20-14(2)24(13-19(26)23-8-10-28-11-9-23)18(25)12-17(20)15-4-6-16(22)7-5-15/h4-7,17H,3,8-13H2,1-2H3. The van der Waals surface area contributed by atoms with Crippen molar-refractivity contribution in [1.82, 2.24) is 9.80 Å². The zero-order chi connectivity index (χ0) is 21.0. The van der Waals surface area contributed by atoms with Crippen LogP contribution in [0, 0.1) is 5.82 Å². The van der Waals surface area contributed by atoms with Gasteiger partial charge >= 0.3 is 5.97 Å². The summed E-state index contributed by atoms with van der Waals surface area (Å²) in [6, 6.07) is 5.72. The first-order chi connectivity index (χ1) is 13.9. The van der Waals surface area contributed by atoms with Crippen molar-refractivity contribution in [3.63, 3.8) is 0 Å². The number of amides is 2. The number of benzene rings is 1. The minimum absolute atomic E-state index is 0.00745. The molecule has 2 aliphatic heterocycles. The molecule has 1 fully saturated rings. The number of carbonyl (C=O) groups is 3. The first-order valence-electron chi connectivity index (χ1n) is 9.71. The summed E-state index contributed by atoms with van der Waals surface area (Å²) >= 11 is 0. The Morgan fingerprint density at radius 1 is 1.21 bits per heavy atom. The number of morpholine rings is 1. The molecule has 0 radical (unpaired) electrons. The Morgan fingerprint density at radius 2 is 1.86 bits per heavy atom. The van der Waals surface area contributed by atoms with E-state index in [9.17, 15) is 18.8 Å². The fourth-order valence-electron chi connectivity index (χ4n) is 3.70. The second kappa shape index (κ2) is 9.17. The van der Waals surface area contributed by atoms with Crippen molar-refractivity contribution in [2.45, 2.75) is 26.2 Å². The predicted molar refractivity (Wildman–Crippen MR) is 102 cm³/mol. The van der Waals surface area contributed by atoms with Gasteiger partial charge in [0.1, 0.15) is 12.4 Å². The van der Waals surface area contributed by atoms with Crippen molar-refractivity contribution in [1.29, 1.82) is 0 Å². The summed E-state index contributed by atoms with van der Waals surface area (Å²) in [6.45, 7) is 5.29. The highest BCUT2D eigenvalue weighted by Gasteiger charge is 2.38. The maximum Gasteiger partial charge on any atom is 0.336 e. The van der Waals surface area contributed by atoms with Crippen molar-refractivity contribution in [3.05, 3.63) is 46.9 Å². The van der Waals surface area contributed by atoms with E-state index in [2.05, 4.69) is 0 Å². The third kappa shape index (κ3) is 4.64. The monoisotopic (exact) mass is 404 g/mol. The van der Waals surface area contributed by atoms with E-state index in [1.807, 2.05) is 0 Å². The molecular weight excluding hydrogens is 379 g/mol. The lowest BCUT2D eigenvalue weighted by Gasteiger charge is -2.36. The number of nitrogens with zero attached hydrogens (tertiary/aromatic N) is 2. The van der Waals surface area contributed by atoms with Crippen molar-refractivity contribution >= 4 is 17.8 Å². The molecule has 0 N–H and O–H groups in total. The van der Waals surface area contributed by atoms with Gasteiger partial charge in [0.15, 0.2) is 0 Å². The van der Waals surface area contributed by atoms with Crippen LogP contribution in [-0.4, -0.2) is 67.0 Å². The summed E-state index contributed by atoms with van der Waals surface area (Å²) in [5.74, 6) is -1.92. The SMILES string of the molecule is CCOC(=O)C1=C(C)N(CC(=O)N2CCOCC2)C(=O)CC1c1ccc(F)cc1. The Balaban J connectivity index is 1.91. The molecule has 0 saturated carbocycles. The number of esters is 1. The smallest absolute Gasteiger partial charge is 0.336 e. The summed E-state index contributed by atoms with van der Waals surface area (Å²) in [7, 11) is 0. The molecule has 0 aromatic heterocycles. The number of hydrogen-bond donors (Lipinski definition) is 0. The van der Waals surface area contributed by atoms with Crippen molar-refractivity contribution in [2.75, 3.05) is 39.5 Å². The first-order valence-corrected chi connectivity index (χ1v) is 9.71. The highest BCUT2D eigenvalue weighted by atomic mass is 19.1. The second-order valence-corrected chi connectivity index (χ2v) is 7.00. The number of ether oxygens (including phenoxy) is 2. The van der Waals surface area contributed by atoms with E-state index in [0.717, 1.165) is 0 Å². The zero-order valence-electron chi connectivity index (χ0n) is 16.7. The topological polar surface area (TPSA) is 76.2 Å². The number of hydrogen-bond acceptors (Lipinski definition) is 5. The van der Waals surface area contributed by atoms with Gasteiger partial charge in [-0.05, 0) is 31.5 Å². The van der Waals surface area contributed by atoms with Gasteiger partial charge in [0.25, 0.3) is 0 Å². The fraction of sp³-hybridized carbons (Fsp3) is 0.476. The molecule has 29 heavy (non-hydrogen) atoms. The molecule has 0 bridgehead atoms. The zero-order valence-corrected chi connectivity index (χ0v) is 16.7. The normalized spacial score (nSPS) is 20.1. The third-order valence-corrected chi connectivity index (χ3v) is 5.25. The second-order valence-electron chi connectivity index (χ2n) is 7.00. The average Bonchev–Trinajstić information content (AvgIpc) is 2.72. The lowest BCUT2D eigenvalue weighted by Crippen LogP contribution is -2.48. The van der Waals surface area contributed by atoms with E-state index in [0.29, 0.717) is 43.1 Å². The molecule has 1 atom stereocenters. The molecule has 1 saturated heterocycles. The molecule has 2 amide bonds. The lowest BCUT2D eigenvalue weighted by atomic mass is 9.83. The van der Waals surface area contributed by atoms with Crippen LogP contribution in [0.4, 0.5) is 4.39 Å². The van der Waals surface area contributed by atoms with Gasteiger partial charge in [-0.15, -0.1) is 0 Å². The van der Waals surface area contributed by atoms with E-state index < -0.39 is 17.7 Å². The lowest BCUT2D eigenvalue weighted by molar-refractivity contribution is -0.144. The molecule has 2 aliphatic rings. The molecule has 156 valence electrons. The molecule has 1 unspecified atom stereocenters. The van der Waals surface area contributed by atoms with Crippen LogP contribution in [0.15, 0.2) is 35.5 Å². The quantitative estimate of drug-likeness (QED) is 0.700. The number of rotatable bonds is 5. The van der Waals surface area contributed by atoms with Crippen LogP contribution in [-0.2, 0) is 23.9 Å². The van der Waals surface area contributed by atoms with Gasteiger partial charge in [0.05, 0.1) is 25.4 Å². The van der Waals surface area contributed by atoms with Gasteiger partial charge < -0.3 is 19.3 Å². The van der Waals surface area contributed by atoms with Crippen LogP contribution < -0.4 is 0 Å². The fourth-order valence-corrected chi connectivity index (χ4v) is 3.70. The van der Waals surface area contributed by atoms with Crippen LogP contribution in [0.1, 0.15) is 31.7 Å². The van der Waals surface area contributed by atoms with Gasteiger partial charge in [-0.2, -0.15) is 0 Å². The maximum atomic E-state index is 13.3. The van der Waals surface area contributed by atoms with Crippen LogP contribution in [0.5, 0.6) is 0 Å². The average molecular weight is 404 g/mol. The Hall–Kier alpha value is -2.74. The van der Waals surface area contributed by atoms with Crippen molar-refractivity contribution in [3.8, 4) is 0 Å². The van der Waals surface area contributed by atoms with E-state index in [1.54, 1.807) is 30.9 Å². The van der Waals surface area contributed by atoms with Crippen molar-refractivity contribution < 1.29 is 28.2 Å². The van der Waals surface area contributed by atoms with Crippen LogP contribution >= 0.6 is 0 Å². The molecule has 8 heteroatoms. The highest BCUT2D eigenvalue weighted by Crippen LogP contribution is 2.37. The third-order valence-electron chi connectivity index (χ3n) is 5.25. The summed E-state index contributed by atoms with van der Waals surface area (Å²) in [5.41, 5.74) is 1.38. The summed E-state index contributed by atoms with van der Waals surface area (Å²) < 4.78 is 23.8. The molecule has 1 aromatic carbocycles. The summed E-state index contributed by atoms with van der Waals surface area (Å²) in [4.78, 5) is 41.2. The molecule has 0 spiro atoms. The molecule has 1 aromatic rings. The Bertz CT molecular complexity index is 815. The maximum absolute atomic E-state index is 13.3.